The van der Waals surface area contributed by atoms with Crippen LogP contribution < -0.4 is 5.32 Å². The summed E-state index contributed by atoms with van der Waals surface area (Å²) in [7, 11) is 0. The highest BCUT2D eigenvalue weighted by molar-refractivity contribution is 5.84. The molecule has 0 atom stereocenters. The fourth-order valence-electron chi connectivity index (χ4n) is 2.30. The summed E-state index contributed by atoms with van der Waals surface area (Å²) < 4.78 is 5.82. The van der Waals surface area contributed by atoms with Crippen molar-refractivity contribution >= 4 is 11.8 Å². The molecule has 0 bridgehead atoms. The molecule has 1 aliphatic rings. The van der Waals surface area contributed by atoms with E-state index in [0.717, 1.165) is 19.6 Å². The minimum absolute atomic E-state index is 0.0452. The van der Waals surface area contributed by atoms with Crippen LogP contribution in [0, 0.1) is 0 Å². The molecule has 1 aliphatic carbocycles. The second-order valence-corrected chi connectivity index (χ2v) is 5.00. The lowest BCUT2D eigenvalue weighted by atomic mass is 9.98. The van der Waals surface area contributed by atoms with Crippen LogP contribution in [0.4, 0.5) is 5.82 Å². The van der Waals surface area contributed by atoms with Crippen molar-refractivity contribution in [3.8, 4) is 0 Å². The number of nitrogens with zero attached hydrogens (tertiary/aromatic N) is 2. The number of carbonyl (C=O) groups is 1. The maximum absolute atomic E-state index is 10.6. The van der Waals surface area contributed by atoms with Crippen molar-refractivity contribution in [1.82, 2.24) is 9.97 Å². The van der Waals surface area contributed by atoms with Crippen LogP contribution in [0.5, 0.6) is 0 Å². The van der Waals surface area contributed by atoms with Gasteiger partial charge in [0, 0.05) is 13.2 Å². The zero-order valence-electron chi connectivity index (χ0n) is 11.5. The lowest BCUT2D eigenvalue weighted by Crippen LogP contribution is -2.18. The fourth-order valence-corrected chi connectivity index (χ4v) is 2.30. The van der Waals surface area contributed by atoms with E-state index in [9.17, 15) is 4.79 Å². The molecular formula is C14H21N3O3. The van der Waals surface area contributed by atoms with E-state index in [4.69, 9.17) is 9.84 Å². The smallest absolute Gasteiger partial charge is 0.356 e. The average molecular weight is 279 g/mol. The molecule has 6 heteroatoms. The maximum Gasteiger partial charge on any atom is 0.356 e. The standard InChI is InChI=1S/C14H21N3O3/c18-14(19)12-9-17-13(10-16-12)15-7-4-8-20-11-5-2-1-3-6-11/h9-11H,1-8H2,(H,15,17)(H,18,19). The normalized spacial score (nSPS) is 16.0. The molecule has 1 aromatic rings. The second-order valence-electron chi connectivity index (χ2n) is 5.00. The van der Waals surface area contributed by atoms with Crippen LogP contribution in [0.3, 0.4) is 0 Å². The highest BCUT2D eigenvalue weighted by atomic mass is 16.5. The van der Waals surface area contributed by atoms with E-state index in [1.165, 1.54) is 44.5 Å². The molecule has 0 aromatic carbocycles. The zero-order valence-corrected chi connectivity index (χ0v) is 11.5. The summed E-state index contributed by atoms with van der Waals surface area (Å²) in [6, 6.07) is 0. The van der Waals surface area contributed by atoms with Gasteiger partial charge in [0.2, 0.25) is 0 Å². The van der Waals surface area contributed by atoms with Crippen molar-refractivity contribution in [2.24, 2.45) is 0 Å². The Kier molecular flexibility index (Phi) is 5.73. The molecule has 0 unspecified atom stereocenters. The first-order valence-electron chi connectivity index (χ1n) is 7.16. The monoisotopic (exact) mass is 279 g/mol. The van der Waals surface area contributed by atoms with Crippen molar-refractivity contribution in [2.45, 2.75) is 44.6 Å². The number of carboxylic acid groups (broad SMARTS) is 1. The Morgan fingerprint density at radius 3 is 2.75 bits per heavy atom. The van der Waals surface area contributed by atoms with Crippen LogP contribution in [0.1, 0.15) is 49.0 Å². The van der Waals surface area contributed by atoms with Crippen LogP contribution in [-0.2, 0) is 4.74 Å². The Balaban J connectivity index is 1.59. The van der Waals surface area contributed by atoms with Crippen molar-refractivity contribution in [2.75, 3.05) is 18.5 Å². The molecule has 6 nitrogen and oxygen atoms in total. The van der Waals surface area contributed by atoms with Crippen molar-refractivity contribution in [1.29, 1.82) is 0 Å². The minimum atomic E-state index is -1.06. The van der Waals surface area contributed by atoms with E-state index in [-0.39, 0.29) is 5.69 Å². The summed E-state index contributed by atoms with van der Waals surface area (Å²) in [4.78, 5) is 18.4. The molecular weight excluding hydrogens is 258 g/mol. The van der Waals surface area contributed by atoms with Gasteiger partial charge >= 0.3 is 5.97 Å². The van der Waals surface area contributed by atoms with Crippen molar-refractivity contribution < 1.29 is 14.6 Å². The van der Waals surface area contributed by atoms with E-state index in [1.807, 2.05) is 0 Å². The minimum Gasteiger partial charge on any atom is -0.476 e. The molecule has 2 rings (SSSR count). The quantitative estimate of drug-likeness (QED) is 0.745. The van der Waals surface area contributed by atoms with Crippen molar-refractivity contribution in [3.05, 3.63) is 18.1 Å². The molecule has 0 spiro atoms. The lowest BCUT2D eigenvalue weighted by Gasteiger charge is -2.21. The molecule has 0 aliphatic heterocycles. The van der Waals surface area contributed by atoms with Gasteiger partial charge in [0.1, 0.15) is 5.82 Å². The summed E-state index contributed by atoms with van der Waals surface area (Å²) >= 11 is 0. The summed E-state index contributed by atoms with van der Waals surface area (Å²) in [6.07, 6.45) is 10.3. The van der Waals surface area contributed by atoms with E-state index in [1.54, 1.807) is 0 Å². The SMILES string of the molecule is O=C(O)c1cnc(NCCCOC2CCCCC2)cn1. The molecule has 2 N–H and O–H groups in total. The number of hydrogen-bond donors (Lipinski definition) is 2. The Labute approximate surface area is 118 Å². The Morgan fingerprint density at radius 1 is 1.30 bits per heavy atom. The number of ether oxygens (including phenoxy) is 1. The number of aromatic nitrogens is 2. The topological polar surface area (TPSA) is 84.3 Å². The highest BCUT2D eigenvalue weighted by Crippen LogP contribution is 2.20. The molecule has 1 saturated carbocycles. The maximum atomic E-state index is 10.6. The zero-order chi connectivity index (χ0) is 14.2. The molecule has 1 fully saturated rings. The molecule has 0 amide bonds. The lowest BCUT2D eigenvalue weighted by molar-refractivity contribution is 0.0284. The van der Waals surface area contributed by atoms with Gasteiger partial charge in [-0.1, -0.05) is 19.3 Å². The number of anilines is 1. The molecule has 1 heterocycles. The Bertz CT molecular complexity index is 416. The van der Waals surface area contributed by atoms with Gasteiger partial charge in [-0.15, -0.1) is 0 Å². The predicted molar refractivity (Wildman–Crippen MR) is 74.9 cm³/mol. The summed E-state index contributed by atoms with van der Waals surface area (Å²) in [5, 5.41) is 11.8. The third kappa shape index (κ3) is 4.77. The molecule has 0 saturated heterocycles. The Morgan fingerprint density at radius 2 is 2.10 bits per heavy atom. The number of rotatable bonds is 7. The molecule has 0 radical (unpaired) electrons. The number of nitrogens with one attached hydrogen (secondary N) is 1. The molecule has 110 valence electrons. The van der Waals surface area contributed by atoms with Gasteiger partial charge in [0.05, 0.1) is 18.5 Å². The number of hydrogen-bond acceptors (Lipinski definition) is 5. The van der Waals surface area contributed by atoms with Crippen LogP contribution in [0.15, 0.2) is 12.4 Å². The van der Waals surface area contributed by atoms with Crippen LogP contribution >= 0.6 is 0 Å². The third-order valence-corrected chi connectivity index (χ3v) is 3.40. The largest absolute Gasteiger partial charge is 0.476 e. The van der Waals surface area contributed by atoms with Crippen LogP contribution in [-0.4, -0.2) is 40.3 Å². The summed E-state index contributed by atoms with van der Waals surface area (Å²) in [5.41, 5.74) is -0.0452. The van der Waals surface area contributed by atoms with E-state index >= 15 is 0 Å². The average Bonchev–Trinajstić information content (AvgIpc) is 2.48. The summed E-state index contributed by atoms with van der Waals surface area (Å²) in [6.45, 7) is 1.49. The third-order valence-electron chi connectivity index (χ3n) is 3.40. The number of carboxylic acids is 1. The van der Waals surface area contributed by atoms with Gasteiger partial charge in [0.25, 0.3) is 0 Å². The van der Waals surface area contributed by atoms with Gasteiger partial charge in [-0.25, -0.2) is 14.8 Å². The Hall–Kier alpha value is -1.69. The highest BCUT2D eigenvalue weighted by Gasteiger charge is 2.12. The first-order chi connectivity index (χ1) is 9.75. The molecule has 1 aromatic heterocycles. The van der Waals surface area contributed by atoms with Crippen LogP contribution in [0.25, 0.3) is 0 Å². The number of aromatic carboxylic acids is 1. The van der Waals surface area contributed by atoms with E-state index in [2.05, 4.69) is 15.3 Å². The first kappa shape index (κ1) is 14.7. The first-order valence-corrected chi connectivity index (χ1v) is 7.16. The van der Waals surface area contributed by atoms with Gasteiger partial charge in [0.15, 0.2) is 5.69 Å². The van der Waals surface area contributed by atoms with E-state index in [0.29, 0.717) is 11.9 Å². The van der Waals surface area contributed by atoms with Crippen LogP contribution in [0.2, 0.25) is 0 Å². The van der Waals surface area contributed by atoms with Gasteiger partial charge in [-0.2, -0.15) is 0 Å². The van der Waals surface area contributed by atoms with Gasteiger partial charge < -0.3 is 15.2 Å². The predicted octanol–water partition coefficient (Wildman–Crippen LogP) is 2.33. The summed E-state index contributed by atoms with van der Waals surface area (Å²) in [5.74, 6) is -0.474. The second kappa shape index (κ2) is 7.79. The fraction of sp³-hybridized carbons (Fsp3) is 0.643. The van der Waals surface area contributed by atoms with Gasteiger partial charge in [-0.05, 0) is 19.3 Å². The van der Waals surface area contributed by atoms with Crippen molar-refractivity contribution in [3.63, 3.8) is 0 Å². The van der Waals surface area contributed by atoms with Gasteiger partial charge in [-0.3, -0.25) is 0 Å². The molecule has 20 heavy (non-hydrogen) atoms. The van der Waals surface area contributed by atoms with E-state index < -0.39 is 5.97 Å².